The van der Waals surface area contributed by atoms with Gasteiger partial charge in [-0.1, -0.05) is 38.1 Å². The molecule has 0 amide bonds. The van der Waals surface area contributed by atoms with Crippen LogP contribution in [0.1, 0.15) is 31.9 Å². The smallest absolute Gasteiger partial charge is 0.227 e. The topological polar surface area (TPSA) is 42.7 Å². The van der Waals surface area contributed by atoms with Gasteiger partial charge in [0, 0.05) is 41.1 Å². The maximum absolute atomic E-state index is 4.76. The van der Waals surface area contributed by atoms with Crippen LogP contribution in [0.5, 0.6) is 0 Å². The molecule has 0 radical (unpaired) electrons. The van der Waals surface area contributed by atoms with Crippen LogP contribution < -0.4 is 5.32 Å². The molecule has 0 aliphatic heterocycles. The summed E-state index contributed by atoms with van der Waals surface area (Å²) in [6, 6.07) is 16.8. The van der Waals surface area contributed by atoms with Crippen molar-refractivity contribution in [3.8, 4) is 11.3 Å². The molecule has 0 saturated carbocycles. The second kappa shape index (κ2) is 8.70. The molecular weight excluding hydrogens is 344 g/mol. The molecule has 0 saturated heterocycles. The molecular formula is C24H28N4. The summed E-state index contributed by atoms with van der Waals surface area (Å²) in [4.78, 5) is 9.17. The molecule has 0 spiro atoms. The molecule has 2 heterocycles. The molecule has 0 unspecified atom stereocenters. The number of fused-ring (bicyclic) bond motifs is 1. The first-order valence-corrected chi connectivity index (χ1v) is 9.91. The van der Waals surface area contributed by atoms with Gasteiger partial charge in [0.05, 0.1) is 5.69 Å². The number of aromatic nitrogens is 3. The van der Waals surface area contributed by atoms with Crippen molar-refractivity contribution in [2.75, 3.05) is 5.32 Å². The van der Waals surface area contributed by atoms with Crippen LogP contribution in [0.2, 0.25) is 0 Å². The summed E-state index contributed by atoms with van der Waals surface area (Å²) in [5.41, 5.74) is 6.70. The van der Waals surface area contributed by atoms with Gasteiger partial charge in [0.2, 0.25) is 5.95 Å². The predicted molar refractivity (Wildman–Crippen MR) is 119 cm³/mol. The first-order chi connectivity index (χ1) is 13.7. The average molecular weight is 373 g/mol. The molecule has 0 aliphatic rings. The highest BCUT2D eigenvalue weighted by atomic mass is 15.1. The number of anilines is 2. The van der Waals surface area contributed by atoms with E-state index in [2.05, 4.69) is 84.3 Å². The number of benzene rings is 2. The first kappa shape index (κ1) is 19.6. The normalized spacial score (nSPS) is 10.5. The summed E-state index contributed by atoms with van der Waals surface area (Å²) in [5, 5.41) is 4.57. The van der Waals surface area contributed by atoms with Crippen molar-refractivity contribution in [1.29, 1.82) is 0 Å². The third kappa shape index (κ3) is 3.91. The first-order valence-electron chi connectivity index (χ1n) is 9.91. The number of aryl methyl sites for hydroxylation is 3. The Balaban J connectivity index is 0.00000109. The SMILES string of the molecule is CC.CCn1ccc2c(-c3ccnc(Nc4cc(C)ccc4C)n3)cccc21. The van der Waals surface area contributed by atoms with Gasteiger partial charge in [-0.15, -0.1) is 0 Å². The van der Waals surface area contributed by atoms with E-state index in [-0.39, 0.29) is 0 Å². The van der Waals surface area contributed by atoms with Crippen molar-refractivity contribution in [3.05, 3.63) is 72.1 Å². The van der Waals surface area contributed by atoms with Crippen LogP contribution in [-0.4, -0.2) is 14.5 Å². The Kier molecular flexibility index (Phi) is 6.09. The zero-order chi connectivity index (χ0) is 20.1. The Bertz CT molecular complexity index is 1080. The minimum atomic E-state index is 0.614. The van der Waals surface area contributed by atoms with Gasteiger partial charge in [-0.25, -0.2) is 9.97 Å². The standard InChI is InChI=1S/C22H22N4.C2H6/c1-4-26-13-11-18-17(6-5-7-21(18)26)19-10-12-23-22(24-19)25-20-14-15(2)8-9-16(20)3;1-2/h5-14H,4H2,1-3H3,(H,23,24,25);1-2H3. The zero-order valence-corrected chi connectivity index (χ0v) is 17.3. The van der Waals surface area contributed by atoms with Gasteiger partial charge in [-0.05, 0) is 56.2 Å². The van der Waals surface area contributed by atoms with Gasteiger partial charge in [0.25, 0.3) is 0 Å². The minimum Gasteiger partial charge on any atom is -0.348 e. The summed E-state index contributed by atoms with van der Waals surface area (Å²) in [5.74, 6) is 0.614. The quantitative estimate of drug-likeness (QED) is 0.444. The maximum atomic E-state index is 4.76. The lowest BCUT2D eigenvalue weighted by atomic mass is 10.1. The highest BCUT2D eigenvalue weighted by Crippen LogP contribution is 2.29. The molecule has 4 rings (SSSR count). The maximum Gasteiger partial charge on any atom is 0.227 e. The van der Waals surface area contributed by atoms with Crippen LogP contribution in [0.3, 0.4) is 0 Å². The Morgan fingerprint density at radius 2 is 1.82 bits per heavy atom. The van der Waals surface area contributed by atoms with Crippen molar-refractivity contribution < 1.29 is 0 Å². The monoisotopic (exact) mass is 372 g/mol. The minimum absolute atomic E-state index is 0.614. The van der Waals surface area contributed by atoms with Crippen molar-refractivity contribution >= 4 is 22.5 Å². The number of rotatable bonds is 4. The second-order valence-corrected chi connectivity index (χ2v) is 6.55. The molecule has 1 N–H and O–H groups in total. The van der Waals surface area contributed by atoms with Crippen LogP contribution >= 0.6 is 0 Å². The number of nitrogens with zero attached hydrogens (tertiary/aromatic N) is 3. The van der Waals surface area contributed by atoms with Crippen LogP contribution in [0.4, 0.5) is 11.6 Å². The molecule has 0 aliphatic carbocycles. The molecule has 4 nitrogen and oxygen atoms in total. The predicted octanol–water partition coefficient (Wildman–Crippen LogP) is 6.50. The molecule has 2 aromatic carbocycles. The fourth-order valence-corrected chi connectivity index (χ4v) is 3.28. The van der Waals surface area contributed by atoms with E-state index >= 15 is 0 Å². The molecule has 144 valence electrons. The van der Waals surface area contributed by atoms with E-state index in [9.17, 15) is 0 Å². The number of hydrogen-bond acceptors (Lipinski definition) is 3. The van der Waals surface area contributed by atoms with Gasteiger partial charge in [-0.3, -0.25) is 0 Å². The van der Waals surface area contributed by atoms with Gasteiger partial charge in [0.15, 0.2) is 0 Å². The Labute approximate surface area is 167 Å². The third-order valence-corrected chi connectivity index (χ3v) is 4.73. The largest absolute Gasteiger partial charge is 0.348 e. The third-order valence-electron chi connectivity index (χ3n) is 4.73. The lowest BCUT2D eigenvalue weighted by Crippen LogP contribution is -2.00. The summed E-state index contributed by atoms with van der Waals surface area (Å²) in [6.07, 6.45) is 3.94. The van der Waals surface area contributed by atoms with Crippen LogP contribution in [0.25, 0.3) is 22.2 Å². The van der Waals surface area contributed by atoms with E-state index in [1.54, 1.807) is 0 Å². The Hall–Kier alpha value is -3.14. The lowest BCUT2D eigenvalue weighted by Gasteiger charge is -2.10. The molecule has 4 heteroatoms. The summed E-state index contributed by atoms with van der Waals surface area (Å²) in [7, 11) is 0. The summed E-state index contributed by atoms with van der Waals surface area (Å²) in [6.45, 7) is 11.3. The lowest BCUT2D eigenvalue weighted by molar-refractivity contribution is 0.798. The van der Waals surface area contributed by atoms with Gasteiger partial charge >= 0.3 is 0 Å². The van der Waals surface area contributed by atoms with Crippen molar-refractivity contribution in [2.24, 2.45) is 0 Å². The van der Waals surface area contributed by atoms with Crippen LogP contribution in [-0.2, 0) is 6.54 Å². The van der Waals surface area contributed by atoms with E-state index in [1.165, 1.54) is 22.0 Å². The highest BCUT2D eigenvalue weighted by Gasteiger charge is 2.09. The van der Waals surface area contributed by atoms with E-state index in [0.717, 1.165) is 23.5 Å². The molecule has 2 aromatic heterocycles. The zero-order valence-electron chi connectivity index (χ0n) is 17.3. The number of hydrogen-bond donors (Lipinski definition) is 1. The highest BCUT2D eigenvalue weighted by molar-refractivity contribution is 5.94. The van der Waals surface area contributed by atoms with E-state index in [1.807, 2.05) is 26.1 Å². The molecule has 4 aromatic rings. The van der Waals surface area contributed by atoms with E-state index in [0.29, 0.717) is 5.95 Å². The molecule has 0 bridgehead atoms. The van der Waals surface area contributed by atoms with Crippen LogP contribution in [0.15, 0.2) is 60.9 Å². The fraction of sp³-hybridized carbons (Fsp3) is 0.250. The Morgan fingerprint density at radius 1 is 1.00 bits per heavy atom. The molecule has 0 atom stereocenters. The van der Waals surface area contributed by atoms with Gasteiger partial charge in [-0.2, -0.15) is 0 Å². The van der Waals surface area contributed by atoms with Crippen molar-refractivity contribution in [2.45, 2.75) is 41.2 Å². The van der Waals surface area contributed by atoms with E-state index < -0.39 is 0 Å². The summed E-state index contributed by atoms with van der Waals surface area (Å²) < 4.78 is 2.25. The van der Waals surface area contributed by atoms with Crippen molar-refractivity contribution in [1.82, 2.24) is 14.5 Å². The van der Waals surface area contributed by atoms with Gasteiger partial charge in [0.1, 0.15) is 0 Å². The van der Waals surface area contributed by atoms with E-state index in [4.69, 9.17) is 4.98 Å². The van der Waals surface area contributed by atoms with Gasteiger partial charge < -0.3 is 9.88 Å². The average Bonchev–Trinajstić information content (AvgIpc) is 3.16. The second-order valence-electron chi connectivity index (χ2n) is 6.55. The van der Waals surface area contributed by atoms with Crippen molar-refractivity contribution in [3.63, 3.8) is 0 Å². The van der Waals surface area contributed by atoms with Crippen LogP contribution in [0, 0.1) is 13.8 Å². The molecule has 28 heavy (non-hydrogen) atoms. The number of nitrogens with one attached hydrogen (secondary N) is 1. The summed E-state index contributed by atoms with van der Waals surface area (Å²) >= 11 is 0. The Morgan fingerprint density at radius 3 is 2.61 bits per heavy atom. The molecule has 0 fully saturated rings. The fourth-order valence-electron chi connectivity index (χ4n) is 3.28.